The molecule has 4 N–H and O–H groups in total. The van der Waals surface area contributed by atoms with Crippen LogP contribution in [0.5, 0.6) is 0 Å². The molecule has 7 heteroatoms. The standard InChI is InChI=1S/C13H14N4O2S/c14-12(17-19)9-2-1-3-10(6-9)13(18)15-5-4-11-7-20-8-16-11/h1-3,6-8,19H,4-5H2,(H2,14,17)(H,15,18). The van der Waals surface area contributed by atoms with E-state index in [-0.39, 0.29) is 11.7 Å². The van der Waals surface area contributed by atoms with E-state index in [0.717, 1.165) is 5.69 Å². The maximum atomic E-state index is 12.0. The van der Waals surface area contributed by atoms with Gasteiger partial charge in [0.2, 0.25) is 0 Å². The number of carbonyl (C=O) groups excluding carboxylic acids is 1. The highest BCUT2D eigenvalue weighted by Gasteiger charge is 2.07. The number of nitrogens with one attached hydrogen (secondary N) is 1. The number of thiazole rings is 1. The van der Waals surface area contributed by atoms with E-state index in [0.29, 0.717) is 24.1 Å². The van der Waals surface area contributed by atoms with Crippen molar-refractivity contribution >= 4 is 23.1 Å². The van der Waals surface area contributed by atoms with E-state index in [9.17, 15) is 4.79 Å². The van der Waals surface area contributed by atoms with Gasteiger partial charge in [0.05, 0.1) is 11.2 Å². The molecule has 1 aromatic carbocycles. The van der Waals surface area contributed by atoms with E-state index in [2.05, 4.69) is 15.5 Å². The van der Waals surface area contributed by atoms with Crippen LogP contribution in [0.25, 0.3) is 0 Å². The molecular formula is C13H14N4O2S. The van der Waals surface area contributed by atoms with Crippen molar-refractivity contribution in [3.05, 3.63) is 52.0 Å². The molecule has 0 spiro atoms. The summed E-state index contributed by atoms with van der Waals surface area (Å²) in [5.74, 6) is -0.227. The lowest BCUT2D eigenvalue weighted by Crippen LogP contribution is -2.26. The Morgan fingerprint density at radius 1 is 1.45 bits per heavy atom. The number of nitrogens with zero attached hydrogens (tertiary/aromatic N) is 2. The molecule has 1 heterocycles. The molecule has 6 nitrogen and oxygen atoms in total. The van der Waals surface area contributed by atoms with Crippen LogP contribution in [0.15, 0.2) is 40.3 Å². The van der Waals surface area contributed by atoms with Crippen molar-refractivity contribution in [2.75, 3.05) is 6.54 Å². The lowest BCUT2D eigenvalue weighted by atomic mass is 10.1. The molecule has 2 rings (SSSR count). The third kappa shape index (κ3) is 3.55. The highest BCUT2D eigenvalue weighted by atomic mass is 32.1. The van der Waals surface area contributed by atoms with Gasteiger partial charge in [-0.1, -0.05) is 17.3 Å². The van der Waals surface area contributed by atoms with Crippen LogP contribution < -0.4 is 11.1 Å². The number of rotatable bonds is 5. The van der Waals surface area contributed by atoms with E-state index in [4.69, 9.17) is 10.9 Å². The fourth-order valence-corrected chi connectivity index (χ4v) is 2.24. The van der Waals surface area contributed by atoms with Gasteiger partial charge in [-0.25, -0.2) is 4.98 Å². The number of hydrogen-bond donors (Lipinski definition) is 3. The minimum absolute atomic E-state index is 0.0258. The molecule has 0 aliphatic heterocycles. The monoisotopic (exact) mass is 290 g/mol. The first-order chi connectivity index (χ1) is 9.70. The number of oxime groups is 1. The van der Waals surface area contributed by atoms with Gasteiger partial charge in [0.15, 0.2) is 5.84 Å². The first kappa shape index (κ1) is 14.0. The van der Waals surface area contributed by atoms with Gasteiger partial charge in [0.1, 0.15) is 0 Å². The molecule has 0 unspecified atom stereocenters. The zero-order valence-electron chi connectivity index (χ0n) is 10.6. The van der Waals surface area contributed by atoms with Crippen molar-refractivity contribution in [2.45, 2.75) is 6.42 Å². The van der Waals surface area contributed by atoms with Gasteiger partial charge >= 0.3 is 0 Å². The Hall–Kier alpha value is -2.41. The van der Waals surface area contributed by atoms with Crippen LogP contribution in [0.4, 0.5) is 0 Å². The number of amidine groups is 1. The molecule has 0 saturated carbocycles. The van der Waals surface area contributed by atoms with Crippen LogP contribution in [0.1, 0.15) is 21.6 Å². The van der Waals surface area contributed by atoms with E-state index >= 15 is 0 Å². The minimum Gasteiger partial charge on any atom is -0.409 e. The van der Waals surface area contributed by atoms with Gasteiger partial charge in [0.25, 0.3) is 5.91 Å². The predicted octanol–water partition coefficient (Wildman–Crippen LogP) is 1.21. The Labute approximate surface area is 120 Å². The summed E-state index contributed by atoms with van der Waals surface area (Å²) in [5, 5.41) is 16.3. The Balaban J connectivity index is 1.95. The minimum atomic E-state index is -0.201. The SMILES string of the molecule is NC(=NO)c1cccc(C(=O)NCCc2cscn2)c1. The lowest BCUT2D eigenvalue weighted by Gasteiger charge is -2.05. The third-order valence-corrected chi connectivity index (χ3v) is 3.31. The summed E-state index contributed by atoms with van der Waals surface area (Å²) < 4.78 is 0. The van der Waals surface area contributed by atoms with Crippen molar-refractivity contribution in [3.8, 4) is 0 Å². The van der Waals surface area contributed by atoms with E-state index in [1.54, 1.807) is 29.8 Å². The fraction of sp³-hybridized carbons (Fsp3) is 0.154. The summed E-state index contributed by atoms with van der Waals surface area (Å²) in [7, 11) is 0. The summed E-state index contributed by atoms with van der Waals surface area (Å²) >= 11 is 1.53. The first-order valence-corrected chi connectivity index (χ1v) is 6.88. The first-order valence-electron chi connectivity index (χ1n) is 5.94. The second-order valence-electron chi connectivity index (χ2n) is 4.05. The van der Waals surface area contributed by atoms with Gasteiger partial charge < -0.3 is 16.3 Å². The average Bonchev–Trinajstić information content (AvgIpc) is 2.99. The van der Waals surface area contributed by atoms with Gasteiger partial charge in [-0.05, 0) is 12.1 Å². The highest BCUT2D eigenvalue weighted by Crippen LogP contribution is 2.05. The van der Waals surface area contributed by atoms with Gasteiger partial charge in [-0.15, -0.1) is 11.3 Å². The van der Waals surface area contributed by atoms with Crippen molar-refractivity contribution < 1.29 is 10.0 Å². The van der Waals surface area contributed by atoms with Crippen molar-refractivity contribution in [2.24, 2.45) is 10.9 Å². The zero-order valence-corrected chi connectivity index (χ0v) is 11.4. The molecular weight excluding hydrogens is 276 g/mol. The molecule has 0 aliphatic rings. The normalized spacial score (nSPS) is 11.3. The Kier molecular flexibility index (Phi) is 4.67. The van der Waals surface area contributed by atoms with Gasteiger partial charge in [-0.3, -0.25) is 4.79 Å². The van der Waals surface area contributed by atoms with Crippen LogP contribution >= 0.6 is 11.3 Å². The van der Waals surface area contributed by atoms with Gasteiger partial charge in [-0.2, -0.15) is 0 Å². The van der Waals surface area contributed by atoms with E-state index in [1.807, 2.05) is 5.38 Å². The second-order valence-corrected chi connectivity index (χ2v) is 4.77. The molecule has 0 atom stereocenters. The largest absolute Gasteiger partial charge is 0.409 e. The topological polar surface area (TPSA) is 101 Å². The number of benzene rings is 1. The predicted molar refractivity (Wildman–Crippen MR) is 77.1 cm³/mol. The number of amides is 1. The molecule has 1 amide bonds. The Morgan fingerprint density at radius 3 is 2.95 bits per heavy atom. The van der Waals surface area contributed by atoms with Crippen LogP contribution in [-0.2, 0) is 6.42 Å². The number of nitrogens with two attached hydrogens (primary N) is 1. The van der Waals surface area contributed by atoms with Crippen LogP contribution in [0, 0.1) is 0 Å². The molecule has 0 aliphatic carbocycles. The van der Waals surface area contributed by atoms with Crippen LogP contribution in [0.3, 0.4) is 0 Å². The highest BCUT2D eigenvalue weighted by molar-refractivity contribution is 7.07. The smallest absolute Gasteiger partial charge is 0.251 e. The Bertz CT molecular complexity index is 611. The van der Waals surface area contributed by atoms with Crippen molar-refractivity contribution in [1.82, 2.24) is 10.3 Å². The summed E-state index contributed by atoms with van der Waals surface area (Å²) in [6.45, 7) is 0.510. The number of hydrogen-bond acceptors (Lipinski definition) is 5. The summed E-state index contributed by atoms with van der Waals surface area (Å²) in [4.78, 5) is 16.1. The number of carbonyl (C=O) groups is 1. The second kappa shape index (κ2) is 6.67. The maximum Gasteiger partial charge on any atom is 0.251 e. The molecule has 104 valence electrons. The third-order valence-electron chi connectivity index (χ3n) is 2.68. The summed E-state index contributed by atoms with van der Waals surface area (Å²) in [6, 6.07) is 6.60. The maximum absolute atomic E-state index is 12.0. The van der Waals surface area contributed by atoms with Crippen molar-refractivity contribution in [1.29, 1.82) is 0 Å². The van der Waals surface area contributed by atoms with Crippen molar-refractivity contribution in [3.63, 3.8) is 0 Å². The molecule has 0 bridgehead atoms. The molecule has 1 aromatic heterocycles. The number of aromatic nitrogens is 1. The Morgan fingerprint density at radius 2 is 2.25 bits per heavy atom. The molecule has 0 fully saturated rings. The van der Waals surface area contributed by atoms with Gasteiger partial charge in [0, 0.05) is 29.5 Å². The molecule has 2 aromatic rings. The average molecular weight is 290 g/mol. The molecule has 20 heavy (non-hydrogen) atoms. The van der Waals surface area contributed by atoms with E-state index < -0.39 is 0 Å². The quantitative estimate of drug-likeness (QED) is 0.333. The molecule has 0 radical (unpaired) electrons. The summed E-state index contributed by atoms with van der Waals surface area (Å²) in [6.07, 6.45) is 0.690. The van der Waals surface area contributed by atoms with E-state index in [1.165, 1.54) is 11.3 Å². The van der Waals surface area contributed by atoms with Crippen LogP contribution in [-0.4, -0.2) is 28.5 Å². The summed E-state index contributed by atoms with van der Waals surface area (Å²) in [5.41, 5.74) is 9.17. The molecule has 0 saturated heterocycles. The lowest BCUT2D eigenvalue weighted by molar-refractivity contribution is 0.0954. The fourth-order valence-electron chi connectivity index (χ4n) is 1.64. The zero-order chi connectivity index (χ0) is 14.4. The van der Waals surface area contributed by atoms with Crippen LogP contribution in [0.2, 0.25) is 0 Å².